The van der Waals surface area contributed by atoms with Gasteiger partial charge in [-0.05, 0) is 69.4 Å². The van der Waals surface area contributed by atoms with Gasteiger partial charge < -0.3 is 24.1 Å². The summed E-state index contributed by atoms with van der Waals surface area (Å²) in [5.41, 5.74) is 4.82. The monoisotopic (exact) mass is 602 g/mol. The highest BCUT2D eigenvalue weighted by Gasteiger charge is 2.25. The highest BCUT2D eigenvalue weighted by atomic mass is 16.5. The van der Waals surface area contributed by atoms with Crippen molar-refractivity contribution < 1.29 is 28.8 Å². The summed E-state index contributed by atoms with van der Waals surface area (Å²) in [5.74, 6) is 1.16. The van der Waals surface area contributed by atoms with Crippen molar-refractivity contribution >= 4 is 11.5 Å². The first-order valence-corrected chi connectivity index (χ1v) is 15.4. The van der Waals surface area contributed by atoms with Gasteiger partial charge >= 0.3 is 5.97 Å². The second-order valence-electron chi connectivity index (χ2n) is 11.0. The van der Waals surface area contributed by atoms with Crippen LogP contribution < -0.4 is 9.47 Å². The van der Waals surface area contributed by atoms with E-state index >= 15 is 0 Å². The van der Waals surface area contributed by atoms with Crippen molar-refractivity contribution in [1.82, 2.24) is 19.7 Å². The topological polar surface area (TPSA) is 108 Å². The molecule has 0 bridgehead atoms. The molecule has 1 saturated heterocycles. The van der Waals surface area contributed by atoms with E-state index in [1.54, 1.807) is 13.0 Å². The first-order chi connectivity index (χ1) is 21.4. The van der Waals surface area contributed by atoms with Gasteiger partial charge in [0.25, 0.3) is 0 Å². The van der Waals surface area contributed by atoms with Gasteiger partial charge in [0.1, 0.15) is 30.3 Å². The molecule has 0 radical (unpaired) electrons. The number of aromatic carboxylic acids is 1. The normalized spacial score (nSPS) is 16.9. The Bertz CT molecular complexity index is 1520. The first-order valence-electron chi connectivity index (χ1n) is 15.4. The quantitative estimate of drug-likeness (QED) is 0.208. The SMILES string of the molecule is C/C=C(\C(OCc1ccc2c(c1)OCCN(C1CCOCC1)C2)=C(\C)CC)c1cccc(-n2ncc(C(=O)O)c2OCC)n1. The number of carboxylic acids is 1. The second-order valence-corrected chi connectivity index (χ2v) is 11.0. The van der Waals surface area contributed by atoms with Gasteiger partial charge in [0, 0.05) is 43.5 Å². The molecule has 0 spiro atoms. The van der Waals surface area contributed by atoms with E-state index in [1.807, 2.05) is 25.1 Å². The Kier molecular flexibility index (Phi) is 10.3. The summed E-state index contributed by atoms with van der Waals surface area (Å²) in [6.45, 7) is 12.7. The maximum atomic E-state index is 11.7. The molecule has 44 heavy (non-hydrogen) atoms. The molecule has 0 amide bonds. The van der Waals surface area contributed by atoms with E-state index in [2.05, 4.69) is 42.0 Å². The van der Waals surface area contributed by atoms with Gasteiger partial charge in [0.2, 0.25) is 5.88 Å². The molecule has 1 aromatic carbocycles. The van der Waals surface area contributed by atoms with Crippen LogP contribution in [0.1, 0.15) is 74.1 Å². The van der Waals surface area contributed by atoms with Crippen LogP contribution in [0, 0.1) is 0 Å². The second kappa shape index (κ2) is 14.5. The molecular weight excluding hydrogens is 560 g/mol. The van der Waals surface area contributed by atoms with Crippen LogP contribution in [0.5, 0.6) is 11.6 Å². The van der Waals surface area contributed by atoms with E-state index in [9.17, 15) is 9.90 Å². The number of allylic oxidation sites excluding steroid dienone is 3. The molecule has 2 aromatic heterocycles. The zero-order chi connectivity index (χ0) is 31.1. The van der Waals surface area contributed by atoms with Crippen LogP contribution in [0.15, 0.2) is 60.0 Å². The molecule has 1 fully saturated rings. The molecule has 0 atom stereocenters. The number of pyridine rings is 1. The lowest BCUT2D eigenvalue weighted by Gasteiger charge is -2.32. The lowest BCUT2D eigenvalue weighted by atomic mass is 10.0. The summed E-state index contributed by atoms with van der Waals surface area (Å²) in [4.78, 5) is 19.1. The van der Waals surface area contributed by atoms with Gasteiger partial charge in [-0.15, -0.1) is 0 Å². The molecule has 5 rings (SSSR count). The number of carboxylic acid groups (broad SMARTS) is 1. The van der Waals surface area contributed by atoms with E-state index in [1.165, 1.54) is 16.4 Å². The summed E-state index contributed by atoms with van der Waals surface area (Å²) in [6, 6.07) is 12.5. The summed E-state index contributed by atoms with van der Waals surface area (Å²) >= 11 is 0. The number of hydrogen-bond acceptors (Lipinski definition) is 8. The van der Waals surface area contributed by atoms with Crippen molar-refractivity contribution in [2.75, 3.05) is 33.0 Å². The molecule has 10 nitrogen and oxygen atoms in total. The van der Waals surface area contributed by atoms with E-state index in [-0.39, 0.29) is 11.4 Å². The van der Waals surface area contributed by atoms with Crippen LogP contribution in [0.4, 0.5) is 0 Å². The van der Waals surface area contributed by atoms with Crippen molar-refractivity contribution in [2.45, 2.75) is 66.2 Å². The Labute approximate surface area is 258 Å². The van der Waals surface area contributed by atoms with Gasteiger partial charge in [-0.1, -0.05) is 31.2 Å². The minimum atomic E-state index is -1.11. The molecule has 2 aliphatic heterocycles. The Morgan fingerprint density at radius 2 is 1.98 bits per heavy atom. The van der Waals surface area contributed by atoms with Gasteiger partial charge in [-0.2, -0.15) is 9.78 Å². The predicted octanol–water partition coefficient (Wildman–Crippen LogP) is 6.04. The fourth-order valence-corrected chi connectivity index (χ4v) is 5.64. The van der Waals surface area contributed by atoms with Crippen LogP contribution in [-0.2, 0) is 22.6 Å². The smallest absolute Gasteiger partial charge is 0.342 e. The fourth-order valence-electron chi connectivity index (χ4n) is 5.64. The van der Waals surface area contributed by atoms with Crippen molar-refractivity contribution in [3.05, 3.63) is 82.4 Å². The Morgan fingerprint density at radius 3 is 2.70 bits per heavy atom. The highest BCUT2D eigenvalue weighted by Crippen LogP contribution is 2.32. The van der Waals surface area contributed by atoms with Crippen LogP contribution >= 0.6 is 0 Å². The number of fused-ring (bicyclic) bond motifs is 1. The van der Waals surface area contributed by atoms with Crippen molar-refractivity contribution in [2.24, 2.45) is 0 Å². The van der Waals surface area contributed by atoms with Crippen molar-refractivity contribution in [1.29, 1.82) is 0 Å². The first kappa shape index (κ1) is 31.3. The maximum absolute atomic E-state index is 11.7. The molecule has 2 aliphatic rings. The van der Waals surface area contributed by atoms with Gasteiger partial charge in [0.15, 0.2) is 5.82 Å². The number of aromatic nitrogens is 3. The minimum Gasteiger partial charge on any atom is -0.492 e. The number of hydrogen-bond donors (Lipinski definition) is 1. The van der Waals surface area contributed by atoms with Gasteiger partial charge in [-0.25, -0.2) is 9.78 Å². The lowest BCUT2D eigenvalue weighted by molar-refractivity contribution is 0.0294. The fraction of sp³-hybridized carbons (Fsp3) is 0.441. The number of ether oxygens (including phenoxy) is 4. The zero-order valence-electron chi connectivity index (χ0n) is 26.0. The molecule has 4 heterocycles. The Morgan fingerprint density at radius 1 is 1.16 bits per heavy atom. The van der Waals surface area contributed by atoms with Crippen molar-refractivity contribution in [3.63, 3.8) is 0 Å². The molecule has 3 aromatic rings. The molecule has 0 saturated carbocycles. The zero-order valence-corrected chi connectivity index (χ0v) is 26.0. The average molecular weight is 603 g/mol. The average Bonchev–Trinajstić information content (AvgIpc) is 3.35. The molecule has 1 N–H and O–H groups in total. The van der Waals surface area contributed by atoms with Crippen LogP contribution in [-0.4, -0.2) is 69.8 Å². The van der Waals surface area contributed by atoms with E-state index in [4.69, 9.17) is 23.9 Å². The molecule has 0 unspecified atom stereocenters. The number of rotatable bonds is 11. The Hall–Kier alpha value is -4.15. The minimum absolute atomic E-state index is 0.0166. The van der Waals surface area contributed by atoms with Crippen LogP contribution in [0.2, 0.25) is 0 Å². The summed E-state index contributed by atoms with van der Waals surface area (Å²) in [6.07, 6.45) is 6.20. The predicted molar refractivity (Wildman–Crippen MR) is 167 cm³/mol. The van der Waals surface area contributed by atoms with Crippen molar-refractivity contribution in [3.8, 4) is 17.4 Å². The van der Waals surface area contributed by atoms with E-state index in [0.29, 0.717) is 37.4 Å². The molecule has 234 valence electrons. The highest BCUT2D eigenvalue weighted by molar-refractivity contribution is 5.90. The molecule has 0 aliphatic carbocycles. The third kappa shape index (κ3) is 6.97. The Balaban J connectivity index is 1.36. The van der Waals surface area contributed by atoms with E-state index in [0.717, 1.165) is 73.8 Å². The number of nitrogens with zero attached hydrogens (tertiary/aromatic N) is 4. The van der Waals surface area contributed by atoms with Crippen LogP contribution in [0.25, 0.3) is 11.4 Å². The third-order valence-corrected chi connectivity index (χ3v) is 8.15. The number of benzene rings is 1. The summed E-state index contributed by atoms with van der Waals surface area (Å²) in [7, 11) is 0. The summed E-state index contributed by atoms with van der Waals surface area (Å²) < 4.78 is 25.4. The third-order valence-electron chi connectivity index (χ3n) is 8.15. The van der Waals surface area contributed by atoms with Gasteiger partial charge in [0.05, 0.1) is 18.5 Å². The van der Waals surface area contributed by atoms with Gasteiger partial charge in [-0.3, -0.25) is 4.90 Å². The maximum Gasteiger partial charge on any atom is 0.342 e. The van der Waals surface area contributed by atoms with Crippen LogP contribution in [0.3, 0.4) is 0 Å². The summed E-state index contributed by atoms with van der Waals surface area (Å²) in [5, 5.41) is 13.9. The number of carbonyl (C=O) groups is 1. The lowest BCUT2D eigenvalue weighted by Crippen LogP contribution is -2.40. The molecular formula is C34H42N4O6. The van der Waals surface area contributed by atoms with E-state index < -0.39 is 5.97 Å². The largest absolute Gasteiger partial charge is 0.492 e. The standard InChI is InChI=1S/C34H42N4O6/c1-5-23(4)32(27(6-2)29-9-8-10-31(36-29)38-33(42-7-3)28(20-35-38)34(39)40)44-22-24-11-12-25-21-37(15-18-43-30(25)19-24)26-13-16-41-17-14-26/h6,8-12,19-20,26H,5,7,13-18,21-22H2,1-4H3,(H,39,40)/b27-6-,32-23+. The molecule has 10 heteroatoms.